The Morgan fingerprint density at radius 1 is 1.26 bits per heavy atom. The van der Waals surface area contributed by atoms with Crippen molar-refractivity contribution in [2.45, 2.75) is 45.8 Å². The minimum atomic E-state index is -0.791. The molecule has 0 aliphatic rings. The zero-order valence-corrected chi connectivity index (χ0v) is 17.6. The molecule has 3 rings (SSSR count). The normalized spacial score (nSPS) is 12.1. The molecule has 7 nitrogen and oxygen atoms in total. The fraction of sp³-hybridized carbons (Fsp3) is 0.348. The first-order valence-corrected chi connectivity index (χ1v) is 10.3. The number of aliphatic hydroxyl groups is 1. The van der Waals surface area contributed by atoms with Gasteiger partial charge in [0.05, 0.1) is 11.6 Å². The van der Waals surface area contributed by atoms with Crippen LogP contribution in [0.1, 0.15) is 48.2 Å². The molecule has 1 aromatic carbocycles. The van der Waals surface area contributed by atoms with E-state index >= 15 is 0 Å². The van der Waals surface area contributed by atoms with Crippen molar-refractivity contribution in [1.29, 1.82) is 0 Å². The Morgan fingerprint density at radius 3 is 2.61 bits per heavy atom. The first kappa shape index (κ1) is 22.4. The molecule has 0 saturated heterocycles. The van der Waals surface area contributed by atoms with Gasteiger partial charge in [-0.05, 0) is 49.1 Å². The summed E-state index contributed by atoms with van der Waals surface area (Å²) < 4.78 is 14.6. The third kappa shape index (κ3) is 5.08. The molecule has 8 heteroatoms. The van der Waals surface area contributed by atoms with Crippen LogP contribution in [0.4, 0.5) is 4.39 Å². The fourth-order valence-electron chi connectivity index (χ4n) is 3.35. The number of aliphatic hydroxyl groups excluding tert-OH is 1. The lowest BCUT2D eigenvalue weighted by molar-refractivity contribution is 0.0919. The zero-order valence-electron chi connectivity index (χ0n) is 17.6. The number of aryl methyl sites for hydroxylation is 1. The Hall–Kier alpha value is -3.26. The summed E-state index contributed by atoms with van der Waals surface area (Å²) >= 11 is 0. The predicted octanol–water partition coefficient (Wildman–Crippen LogP) is 2.74. The molecule has 1 atom stereocenters. The average Bonchev–Trinajstić information content (AvgIpc) is 2.74. The number of nitrogens with one attached hydrogen (secondary N) is 1. The van der Waals surface area contributed by atoms with Crippen LogP contribution in [0.2, 0.25) is 0 Å². The van der Waals surface area contributed by atoms with E-state index in [1.807, 2.05) is 6.92 Å². The molecule has 0 aliphatic heterocycles. The van der Waals surface area contributed by atoms with E-state index in [0.29, 0.717) is 24.9 Å². The van der Waals surface area contributed by atoms with Gasteiger partial charge >= 0.3 is 0 Å². The molecule has 0 unspecified atom stereocenters. The number of rotatable bonds is 8. The summed E-state index contributed by atoms with van der Waals surface area (Å²) in [6.07, 6.45) is 2.79. The number of aromatic hydroxyl groups is 1. The molecule has 3 N–H and O–H groups in total. The second-order valence-electron chi connectivity index (χ2n) is 7.61. The van der Waals surface area contributed by atoms with Gasteiger partial charge in [-0.25, -0.2) is 4.39 Å². The van der Waals surface area contributed by atoms with E-state index in [9.17, 15) is 24.2 Å². The summed E-state index contributed by atoms with van der Waals surface area (Å²) in [4.78, 5) is 30.0. The molecule has 0 radical (unpaired) electrons. The van der Waals surface area contributed by atoms with Gasteiger partial charge in [0.25, 0.3) is 11.5 Å². The molecular formula is C23H26FN3O4. The summed E-state index contributed by atoms with van der Waals surface area (Å²) in [5, 5.41) is 22.5. The van der Waals surface area contributed by atoms with Crippen LogP contribution < -0.4 is 10.9 Å². The predicted molar refractivity (Wildman–Crippen MR) is 116 cm³/mol. The number of hydrogen-bond acceptors (Lipinski definition) is 5. The zero-order chi connectivity index (χ0) is 22.5. The summed E-state index contributed by atoms with van der Waals surface area (Å²) in [6, 6.07) is 7.88. The van der Waals surface area contributed by atoms with Gasteiger partial charge in [-0.2, -0.15) is 0 Å². The van der Waals surface area contributed by atoms with Gasteiger partial charge in [-0.15, -0.1) is 0 Å². The van der Waals surface area contributed by atoms with Gasteiger partial charge in [0, 0.05) is 19.3 Å². The molecule has 2 aromatic heterocycles. The van der Waals surface area contributed by atoms with Gasteiger partial charge in [0.2, 0.25) is 0 Å². The maximum atomic E-state index is 13.2. The monoisotopic (exact) mass is 427 g/mol. The van der Waals surface area contributed by atoms with Gasteiger partial charge in [-0.1, -0.05) is 25.5 Å². The maximum Gasteiger partial charge on any atom is 0.267 e. The molecule has 0 spiro atoms. The van der Waals surface area contributed by atoms with E-state index in [1.165, 1.54) is 23.6 Å². The Kier molecular flexibility index (Phi) is 7.02. The number of aromatic nitrogens is 2. The number of halogens is 1. The smallest absolute Gasteiger partial charge is 0.267 e. The van der Waals surface area contributed by atoms with Gasteiger partial charge < -0.3 is 20.1 Å². The quantitative estimate of drug-likeness (QED) is 0.513. The highest BCUT2D eigenvalue weighted by molar-refractivity contribution is 6.01. The lowest BCUT2D eigenvalue weighted by atomic mass is 10.0. The molecule has 0 bridgehead atoms. The van der Waals surface area contributed by atoms with Crippen LogP contribution in [0.15, 0.2) is 41.3 Å². The van der Waals surface area contributed by atoms with E-state index in [4.69, 9.17) is 0 Å². The van der Waals surface area contributed by atoms with Crippen LogP contribution in [0.5, 0.6) is 5.75 Å². The van der Waals surface area contributed by atoms with Crippen LogP contribution >= 0.6 is 0 Å². The number of amides is 1. The van der Waals surface area contributed by atoms with Crippen LogP contribution in [-0.2, 0) is 13.0 Å². The van der Waals surface area contributed by atoms with Crippen molar-refractivity contribution in [2.75, 3.05) is 6.54 Å². The van der Waals surface area contributed by atoms with Crippen molar-refractivity contribution in [1.82, 2.24) is 14.9 Å². The highest BCUT2D eigenvalue weighted by Gasteiger charge is 2.23. The molecule has 2 heterocycles. The second-order valence-corrected chi connectivity index (χ2v) is 7.61. The fourth-order valence-corrected chi connectivity index (χ4v) is 3.35. The number of unbranched alkanes of at least 4 members (excludes halogenated alkanes) is 1. The molecule has 0 fully saturated rings. The molecule has 3 aromatic rings. The topological polar surface area (TPSA) is 104 Å². The highest BCUT2D eigenvalue weighted by Crippen LogP contribution is 2.26. The highest BCUT2D eigenvalue weighted by atomic mass is 19.1. The summed E-state index contributed by atoms with van der Waals surface area (Å²) in [5.41, 5.74) is 1.26. The Balaban J connectivity index is 2.09. The lowest BCUT2D eigenvalue weighted by Crippen LogP contribution is -2.36. The van der Waals surface area contributed by atoms with Crippen LogP contribution in [0, 0.1) is 5.82 Å². The summed E-state index contributed by atoms with van der Waals surface area (Å²) in [5.74, 6) is -1.56. The minimum Gasteiger partial charge on any atom is -0.505 e. The largest absolute Gasteiger partial charge is 0.505 e. The summed E-state index contributed by atoms with van der Waals surface area (Å²) in [7, 11) is 0. The minimum absolute atomic E-state index is 0.0469. The van der Waals surface area contributed by atoms with Crippen molar-refractivity contribution >= 4 is 16.9 Å². The van der Waals surface area contributed by atoms with Crippen LogP contribution in [0.3, 0.4) is 0 Å². The first-order chi connectivity index (χ1) is 14.8. The molecule has 0 saturated carbocycles. The van der Waals surface area contributed by atoms with Crippen molar-refractivity contribution in [3.63, 3.8) is 0 Å². The number of benzene rings is 1. The standard InChI is InChI=1S/C23H26FN3O4/c1-3-4-9-27-18-11-16(10-15-5-7-17(24)8-6-15)13-25-20(18)21(29)19(23(27)31)22(30)26-12-14(2)28/h5-8,11,13-14,28-29H,3-4,9-10,12H2,1-2H3,(H,26,30)/t14-/m0/s1. The number of hydrogen-bond donors (Lipinski definition) is 3. The Morgan fingerprint density at radius 2 is 1.97 bits per heavy atom. The van der Waals surface area contributed by atoms with Crippen molar-refractivity contribution in [3.8, 4) is 5.75 Å². The van der Waals surface area contributed by atoms with Crippen molar-refractivity contribution in [3.05, 3.63) is 69.4 Å². The van der Waals surface area contributed by atoms with E-state index in [1.54, 1.807) is 24.4 Å². The number of pyridine rings is 2. The molecule has 0 aliphatic carbocycles. The van der Waals surface area contributed by atoms with Gasteiger partial charge in [-0.3, -0.25) is 14.6 Å². The third-order valence-corrected chi connectivity index (χ3v) is 4.98. The molecule has 1 amide bonds. The van der Waals surface area contributed by atoms with Crippen LogP contribution in [0.25, 0.3) is 11.0 Å². The Labute approximate surface area is 179 Å². The lowest BCUT2D eigenvalue weighted by Gasteiger charge is -2.15. The van der Waals surface area contributed by atoms with Crippen molar-refractivity contribution < 1.29 is 19.4 Å². The van der Waals surface area contributed by atoms with E-state index in [0.717, 1.165) is 17.5 Å². The van der Waals surface area contributed by atoms with Crippen molar-refractivity contribution in [2.24, 2.45) is 0 Å². The maximum absolute atomic E-state index is 13.2. The number of nitrogens with zero attached hydrogens (tertiary/aromatic N) is 2. The number of carbonyl (C=O) groups excluding carboxylic acids is 1. The molecular weight excluding hydrogens is 401 g/mol. The van der Waals surface area contributed by atoms with E-state index < -0.39 is 23.3 Å². The second kappa shape index (κ2) is 9.70. The third-order valence-electron chi connectivity index (χ3n) is 4.98. The SMILES string of the molecule is CCCCn1c(=O)c(C(=O)NC[C@H](C)O)c(O)c2ncc(Cc3ccc(F)cc3)cc21. The Bertz CT molecular complexity index is 1140. The average molecular weight is 427 g/mol. The van der Waals surface area contributed by atoms with Gasteiger partial charge in [0.1, 0.15) is 16.9 Å². The van der Waals surface area contributed by atoms with Gasteiger partial charge in [0.15, 0.2) is 5.75 Å². The number of carbonyl (C=O) groups is 1. The van der Waals surface area contributed by atoms with E-state index in [-0.39, 0.29) is 23.4 Å². The molecule has 164 valence electrons. The first-order valence-electron chi connectivity index (χ1n) is 10.3. The van der Waals surface area contributed by atoms with Crippen LogP contribution in [-0.4, -0.2) is 38.3 Å². The van der Waals surface area contributed by atoms with E-state index in [2.05, 4.69) is 10.3 Å². The summed E-state index contributed by atoms with van der Waals surface area (Å²) in [6.45, 7) is 3.81. The molecule has 31 heavy (non-hydrogen) atoms. The number of fused-ring (bicyclic) bond motifs is 1.